The van der Waals surface area contributed by atoms with E-state index in [1.54, 1.807) is 6.33 Å². The van der Waals surface area contributed by atoms with E-state index in [1.807, 2.05) is 25.3 Å². The SMILES string of the molecule is CCN1CCN(CCCn2cnc3c(N(C)C)ncnc32)CC1. The molecule has 0 amide bonds. The van der Waals surface area contributed by atoms with Crippen molar-refractivity contribution in [3.05, 3.63) is 12.7 Å². The van der Waals surface area contributed by atoms with Gasteiger partial charge in [-0.1, -0.05) is 6.92 Å². The van der Waals surface area contributed by atoms with Gasteiger partial charge in [0.25, 0.3) is 0 Å². The van der Waals surface area contributed by atoms with E-state index < -0.39 is 0 Å². The summed E-state index contributed by atoms with van der Waals surface area (Å²) in [5.41, 5.74) is 1.81. The Hall–Kier alpha value is -1.73. The lowest BCUT2D eigenvalue weighted by atomic mass is 10.3. The molecule has 0 bridgehead atoms. The summed E-state index contributed by atoms with van der Waals surface area (Å²) in [7, 11) is 3.97. The van der Waals surface area contributed by atoms with Crippen molar-refractivity contribution in [3.63, 3.8) is 0 Å². The Labute approximate surface area is 137 Å². The first kappa shape index (κ1) is 16.1. The smallest absolute Gasteiger partial charge is 0.165 e. The van der Waals surface area contributed by atoms with Gasteiger partial charge in [-0.05, 0) is 19.5 Å². The number of likely N-dealkylation sites (N-methyl/N-ethyl adjacent to an activating group) is 1. The van der Waals surface area contributed by atoms with Crippen LogP contribution in [0, 0.1) is 0 Å². The zero-order chi connectivity index (χ0) is 16.2. The maximum Gasteiger partial charge on any atom is 0.165 e. The Balaban J connectivity index is 1.57. The van der Waals surface area contributed by atoms with Gasteiger partial charge in [0.1, 0.15) is 6.33 Å². The Kier molecular flexibility index (Phi) is 5.07. The molecule has 3 heterocycles. The van der Waals surface area contributed by atoms with Crippen LogP contribution in [-0.2, 0) is 6.54 Å². The van der Waals surface area contributed by atoms with E-state index in [1.165, 1.54) is 32.7 Å². The molecule has 0 spiro atoms. The lowest BCUT2D eigenvalue weighted by Gasteiger charge is -2.33. The molecule has 0 aromatic carbocycles. The van der Waals surface area contributed by atoms with Gasteiger partial charge in [-0.2, -0.15) is 0 Å². The highest BCUT2D eigenvalue weighted by Crippen LogP contribution is 2.19. The number of aryl methyl sites for hydroxylation is 1. The molecule has 0 radical (unpaired) electrons. The summed E-state index contributed by atoms with van der Waals surface area (Å²) in [6, 6.07) is 0. The van der Waals surface area contributed by atoms with Crippen molar-refractivity contribution in [2.75, 3.05) is 58.3 Å². The standard InChI is InChI=1S/C16H27N7/c1-4-21-8-10-22(11-9-21)6-5-7-23-13-19-14-15(20(2)3)17-12-18-16(14)23/h12-13H,4-11H2,1-3H3. The molecular formula is C16H27N7. The summed E-state index contributed by atoms with van der Waals surface area (Å²) in [4.78, 5) is 20.3. The summed E-state index contributed by atoms with van der Waals surface area (Å²) >= 11 is 0. The van der Waals surface area contributed by atoms with Crippen LogP contribution < -0.4 is 4.90 Å². The van der Waals surface area contributed by atoms with Gasteiger partial charge in [0.2, 0.25) is 0 Å². The summed E-state index contributed by atoms with van der Waals surface area (Å²) in [6.45, 7) is 10.3. The monoisotopic (exact) mass is 317 g/mol. The highest BCUT2D eigenvalue weighted by molar-refractivity contribution is 5.82. The molecule has 0 unspecified atom stereocenters. The first-order chi connectivity index (χ1) is 11.2. The van der Waals surface area contributed by atoms with Gasteiger partial charge < -0.3 is 19.3 Å². The van der Waals surface area contributed by atoms with Crippen LogP contribution in [0.5, 0.6) is 0 Å². The number of anilines is 1. The molecule has 0 saturated carbocycles. The topological polar surface area (TPSA) is 53.3 Å². The van der Waals surface area contributed by atoms with Crippen molar-refractivity contribution in [2.45, 2.75) is 19.9 Å². The highest BCUT2D eigenvalue weighted by atomic mass is 15.3. The second kappa shape index (κ2) is 7.23. The third kappa shape index (κ3) is 3.61. The van der Waals surface area contributed by atoms with E-state index in [0.29, 0.717) is 0 Å². The van der Waals surface area contributed by atoms with Gasteiger partial charge in [0.05, 0.1) is 6.33 Å². The average Bonchev–Trinajstić information content (AvgIpc) is 2.98. The molecule has 1 aliphatic heterocycles. The van der Waals surface area contributed by atoms with Gasteiger partial charge >= 0.3 is 0 Å². The molecule has 23 heavy (non-hydrogen) atoms. The molecule has 7 nitrogen and oxygen atoms in total. The van der Waals surface area contributed by atoms with E-state index in [-0.39, 0.29) is 0 Å². The van der Waals surface area contributed by atoms with Gasteiger partial charge in [0, 0.05) is 46.8 Å². The minimum atomic E-state index is 0.879. The quantitative estimate of drug-likeness (QED) is 0.790. The Morgan fingerprint density at radius 1 is 1.00 bits per heavy atom. The van der Waals surface area contributed by atoms with Crippen LogP contribution in [0.3, 0.4) is 0 Å². The van der Waals surface area contributed by atoms with Gasteiger partial charge in [0.15, 0.2) is 17.0 Å². The second-order valence-electron chi connectivity index (χ2n) is 6.33. The fourth-order valence-electron chi connectivity index (χ4n) is 3.15. The molecule has 0 aliphatic carbocycles. The minimum Gasteiger partial charge on any atom is -0.361 e. The molecule has 7 heteroatoms. The fraction of sp³-hybridized carbons (Fsp3) is 0.688. The van der Waals surface area contributed by atoms with Crippen LogP contribution in [0.15, 0.2) is 12.7 Å². The van der Waals surface area contributed by atoms with Crippen LogP contribution in [0.4, 0.5) is 5.82 Å². The third-order valence-corrected chi connectivity index (χ3v) is 4.59. The molecule has 126 valence electrons. The van der Waals surface area contributed by atoms with E-state index in [2.05, 4.69) is 36.2 Å². The predicted molar refractivity (Wildman–Crippen MR) is 92.8 cm³/mol. The Bertz CT molecular complexity index is 628. The van der Waals surface area contributed by atoms with Crippen LogP contribution in [0.2, 0.25) is 0 Å². The lowest BCUT2D eigenvalue weighted by molar-refractivity contribution is 0.135. The Morgan fingerprint density at radius 3 is 2.43 bits per heavy atom. The third-order valence-electron chi connectivity index (χ3n) is 4.59. The van der Waals surface area contributed by atoms with Crippen LogP contribution >= 0.6 is 0 Å². The summed E-state index contributed by atoms with van der Waals surface area (Å²) < 4.78 is 2.15. The van der Waals surface area contributed by atoms with Crippen molar-refractivity contribution in [1.82, 2.24) is 29.3 Å². The molecule has 0 atom stereocenters. The molecule has 1 saturated heterocycles. The minimum absolute atomic E-state index is 0.879. The van der Waals surface area contributed by atoms with Gasteiger partial charge in [-0.15, -0.1) is 0 Å². The molecule has 1 aliphatic rings. The van der Waals surface area contributed by atoms with Crippen molar-refractivity contribution >= 4 is 17.0 Å². The van der Waals surface area contributed by atoms with E-state index in [0.717, 1.165) is 36.5 Å². The molecule has 2 aromatic rings. The molecule has 2 aromatic heterocycles. The normalized spacial score (nSPS) is 17.0. The number of rotatable bonds is 6. The van der Waals surface area contributed by atoms with E-state index in [9.17, 15) is 0 Å². The van der Waals surface area contributed by atoms with Crippen molar-refractivity contribution in [2.24, 2.45) is 0 Å². The highest BCUT2D eigenvalue weighted by Gasteiger charge is 2.15. The van der Waals surface area contributed by atoms with E-state index >= 15 is 0 Å². The number of aromatic nitrogens is 4. The number of hydrogen-bond donors (Lipinski definition) is 0. The van der Waals surface area contributed by atoms with Crippen molar-refractivity contribution in [3.8, 4) is 0 Å². The summed E-state index contributed by atoms with van der Waals surface area (Å²) in [5.74, 6) is 0.879. The molecule has 3 rings (SSSR count). The average molecular weight is 317 g/mol. The first-order valence-electron chi connectivity index (χ1n) is 8.47. The lowest BCUT2D eigenvalue weighted by Crippen LogP contribution is -2.46. The van der Waals surface area contributed by atoms with Gasteiger partial charge in [-0.25, -0.2) is 15.0 Å². The van der Waals surface area contributed by atoms with Gasteiger partial charge in [-0.3, -0.25) is 0 Å². The predicted octanol–water partition coefficient (Wildman–Crippen LogP) is 0.920. The van der Waals surface area contributed by atoms with Crippen LogP contribution in [0.1, 0.15) is 13.3 Å². The number of hydrogen-bond acceptors (Lipinski definition) is 6. The Morgan fingerprint density at radius 2 is 1.74 bits per heavy atom. The van der Waals surface area contributed by atoms with Crippen LogP contribution in [0.25, 0.3) is 11.2 Å². The largest absolute Gasteiger partial charge is 0.361 e. The van der Waals surface area contributed by atoms with Crippen molar-refractivity contribution < 1.29 is 0 Å². The zero-order valence-corrected chi connectivity index (χ0v) is 14.4. The fourth-order valence-corrected chi connectivity index (χ4v) is 3.15. The van der Waals surface area contributed by atoms with E-state index in [4.69, 9.17) is 0 Å². The molecular weight excluding hydrogens is 290 g/mol. The number of imidazole rings is 1. The number of fused-ring (bicyclic) bond motifs is 1. The second-order valence-corrected chi connectivity index (χ2v) is 6.33. The maximum absolute atomic E-state index is 4.50. The molecule has 0 N–H and O–H groups in total. The summed E-state index contributed by atoms with van der Waals surface area (Å²) in [5, 5.41) is 0. The molecule has 1 fully saturated rings. The zero-order valence-electron chi connectivity index (χ0n) is 14.4. The number of nitrogens with zero attached hydrogens (tertiary/aromatic N) is 7. The number of piperazine rings is 1. The van der Waals surface area contributed by atoms with Crippen molar-refractivity contribution in [1.29, 1.82) is 0 Å². The summed E-state index contributed by atoms with van der Waals surface area (Å²) in [6.07, 6.45) is 4.64. The maximum atomic E-state index is 4.50. The van der Waals surface area contributed by atoms with Crippen LogP contribution in [-0.4, -0.2) is 82.7 Å². The first-order valence-corrected chi connectivity index (χ1v) is 8.47.